The number of nitrogens with one attached hydrogen (secondary N) is 1. The van der Waals surface area contributed by atoms with E-state index in [1.54, 1.807) is 0 Å². The van der Waals surface area contributed by atoms with E-state index in [4.69, 9.17) is 5.11 Å². The monoisotopic (exact) mass is 279 g/mol. The Kier molecular flexibility index (Phi) is 5.27. The highest BCUT2D eigenvalue weighted by molar-refractivity contribution is 5.95. The van der Waals surface area contributed by atoms with E-state index in [1.807, 2.05) is 20.8 Å². The molecule has 0 bridgehead atoms. The van der Waals surface area contributed by atoms with Gasteiger partial charge >= 0.3 is 5.97 Å². The molecule has 0 radical (unpaired) electrons. The first-order valence-electron chi connectivity index (χ1n) is 6.49. The van der Waals surface area contributed by atoms with Crippen LogP contribution in [0.2, 0.25) is 0 Å². The summed E-state index contributed by atoms with van der Waals surface area (Å²) in [4.78, 5) is 22.5. The molecule has 0 aromatic heterocycles. The smallest absolute Gasteiger partial charge is 0.335 e. The zero-order valence-corrected chi connectivity index (χ0v) is 12.0. The summed E-state index contributed by atoms with van der Waals surface area (Å²) in [7, 11) is 0. The Balaban J connectivity index is 2.53. The number of carbonyl (C=O) groups excluding carboxylic acids is 1. The van der Waals surface area contributed by atoms with Gasteiger partial charge in [-0.05, 0) is 36.1 Å². The van der Waals surface area contributed by atoms with Gasteiger partial charge in [0.1, 0.15) is 0 Å². The highest BCUT2D eigenvalue weighted by Gasteiger charge is 2.17. The SMILES string of the molecule is CC(C)(C)CC(O)CNC(=O)c1ccc(C(=O)O)cc1. The lowest BCUT2D eigenvalue weighted by molar-refractivity contribution is 0.0696. The molecule has 0 saturated heterocycles. The maximum Gasteiger partial charge on any atom is 0.335 e. The molecule has 110 valence electrons. The standard InChI is InChI=1S/C15H21NO4/c1-15(2,3)8-12(17)9-16-13(18)10-4-6-11(7-5-10)14(19)20/h4-7,12,17H,8-9H2,1-3H3,(H,16,18)(H,19,20). The first-order valence-corrected chi connectivity index (χ1v) is 6.49. The highest BCUT2D eigenvalue weighted by atomic mass is 16.4. The van der Waals surface area contributed by atoms with Crippen molar-refractivity contribution in [3.05, 3.63) is 35.4 Å². The maximum atomic E-state index is 11.8. The normalized spacial score (nSPS) is 12.8. The Morgan fingerprint density at radius 3 is 2.10 bits per heavy atom. The lowest BCUT2D eigenvalue weighted by Crippen LogP contribution is -2.34. The lowest BCUT2D eigenvalue weighted by Gasteiger charge is -2.22. The van der Waals surface area contributed by atoms with E-state index in [0.717, 1.165) is 0 Å². The summed E-state index contributed by atoms with van der Waals surface area (Å²) in [6, 6.07) is 5.66. The van der Waals surface area contributed by atoms with Crippen LogP contribution in [-0.2, 0) is 0 Å². The quantitative estimate of drug-likeness (QED) is 0.768. The van der Waals surface area contributed by atoms with Crippen molar-refractivity contribution >= 4 is 11.9 Å². The van der Waals surface area contributed by atoms with Gasteiger partial charge in [-0.3, -0.25) is 4.79 Å². The van der Waals surface area contributed by atoms with Gasteiger partial charge in [-0.2, -0.15) is 0 Å². The minimum atomic E-state index is -1.03. The second-order valence-corrected chi connectivity index (χ2v) is 6.01. The van der Waals surface area contributed by atoms with Crippen LogP contribution in [0.1, 0.15) is 47.9 Å². The van der Waals surface area contributed by atoms with Gasteiger partial charge in [0.25, 0.3) is 5.91 Å². The van der Waals surface area contributed by atoms with Crippen LogP contribution in [0.4, 0.5) is 0 Å². The molecule has 5 heteroatoms. The van der Waals surface area contributed by atoms with Crippen molar-refractivity contribution in [1.29, 1.82) is 0 Å². The molecule has 0 fully saturated rings. The summed E-state index contributed by atoms with van der Waals surface area (Å²) in [5.41, 5.74) is 0.500. The number of aliphatic hydroxyl groups is 1. The second kappa shape index (κ2) is 6.52. The van der Waals surface area contributed by atoms with Crippen molar-refractivity contribution in [3.63, 3.8) is 0 Å². The molecule has 0 aliphatic heterocycles. The molecule has 0 aliphatic rings. The van der Waals surface area contributed by atoms with Crippen LogP contribution in [0.3, 0.4) is 0 Å². The number of benzene rings is 1. The molecule has 1 aromatic carbocycles. The molecule has 0 aliphatic carbocycles. The van der Waals surface area contributed by atoms with Crippen LogP contribution in [0.15, 0.2) is 24.3 Å². The van der Waals surface area contributed by atoms with Crippen molar-refractivity contribution in [1.82, 2.24) is 5.32 Å². The predicted molar refractivity (Wildman–Crippen MR) is 75.8 cm³/mol. The van der Waals surface area contributed by atoms with E-state index < -0.39 is 12.1 Å². The molecule has 1 rings (SSSR count). The van der Waals surface area contributed by atoms with Crippen LogP contribution in [-0.4, -0.2) is 34.7 Å². The van der Waals surface area contributed by atoms with Crippen molar-refractivity contribution in [2.24, 2.45) is 5.41 Å². The molecule has 3 N–H and O–H groups in total. The number of amides is 1. The zero-order chi connectivity index (χ0) is 15.3. The minimum absolute atomic E-state index is 0.00667. The molecule has 0 saturated carbocycles. The number of rotatable bonds is 5. The van der Waals surface area contributed by atoms with Gasteiger partial charge in [0.15, 0.2) is 0 Å². The Morgan fingerprint density at radius 1 is 1.15 bits per heavy atom. The summed E-state index contributed by atoms with van der Waals surface area (Å²) in [5, 5.41) is 21.2. The summed E-state index contributed by atoms with van der Waals surface area (Å²) >= 11 is 0. The molecular weight excluding hydrogens is 258 g/mol. The van der Waals surface area contributed by atoms with E-state index >= 15 is 0 Å². The zero-order valence-electron chi connectivity index (χ0n) is 12.0. The fourth-order valence-electron chi connectivity index (χ4n) is 1.86. The third-order valence-electron chi connectivity index (χ3n) is 2.74. The number of aromatic carboxylic acids is 1. The molecule has 5 nitrogen and oxygen atoms in total. The number of carbonyl (C=O) groups is 2. The largest absolute Gasteiger partial charge is 0.478 e. The van der Waals surface area contributed by atoms with E-state index in [0.29, 0.717) is 12.0 Å². The van der Waals surface area contributed by atoms with Crippen LogP contribution >= 0.6 is 0 Å². The van der Waals surface area contributed by atoms with Crippen molar-refractivity contribution < 1.29 is 19.8 Å². The molecule has 1 aromatic rings. The molecule has 1 atom stereocenters. The Hall–Kier alpha value is -1.88. The number of carboxylic acids is 1. The average Bonchev–Trinajstić information content (AvgIpc) is 2.34. The fraction of sp³-hybridized carbons (Fsp3) is 0.467. The van der Waals surface area contributed by atoms with Gasteiger partial charge in [-0.15, -0.1) is 0 Å². The topological polar surface area (TPSA) is 86.6 Å². The average molecular weight is 279 g/mol. The van der Waals surface area contributed by atoms with Gasteiger partial charge in [0.05, 0.1) is 11.7 Å². The molecular formula is C15H21NO4. The predicted octanol–water partition coefficient (Wildman–Crippen LogP) is 1.91. The van der Waals surface area contributed by atoms with Crippen molar-refractivity contribution in [2.45, 2.75) is 33.3 Å². The summed E-state index contributed by atoms with van der Waals surface area (Å²) in [6.45, 7) is 6.23. The van der Waals surface area contributed by atoms with Crippen molar-refractivity contribution in [2.75, 3.05) is 6.54 Å². The minimum Gasteiger partial charge on any atom is -0.478 e. The van der Waals surface area contributed by atoms with Gasteiger partial charge in [-0.1, -0.05) is 20.8 Å². The Morgan fingerprint density at radius 2 is 1.65 bits per heavy atom. The van der Waals surface area contributed by atoms with E-state index in [-0.39, 0.29) is 23.4 Å². The number of hydrogen-bond donors (Lipinski definition) is 3. The van der Waals surface area contributed by atoms with Gasteiger partial charge < -0.3 is 15.5 Å². The first kappa shape index (κ1) is 16.2. The maximum absolute atomic E-state index is 11.8. The Bertz CT molecular complexity index is 474. The van der Waals surface area contributed by atoms with E-state index in [1.165, 1.54) is 24.3 Å². The fourth-order valence-corrected chi connectivity index (χ4v) is 1.86. The van der Waals surface area contributed by atoms with E-state index in [9.17, 15) is 14.7 Å². The van der Waals surface area contributed by atoms with Gasteiger partial charge in [0.2, 0.25) is 0 Å². The van der Waals surface area contributed by atoms with Crippen LogP contribution < -0.4 is 5.32 Å². The molecule has 0 heterocycles. The summed E-state index contributed by atoms with van der Waals surface area (Å²) in [5.74, 6) is -1.35. The number of aliphatic hydroxyl groups excluding tert-OH is 1. The second-order valence-electron chi connectivity index (χ2n) is 6.01. The van der Waals surface area contributed by atoms with E-state index in [2.05, 4.69) is 5.32 Å². The lowest BCUT2D eigenvalue weighted by atomic mass is 9.89. The highest BCUT2D eigenvalue weighted by Crippen LogP contribution is 2.20. The van der Waals surface area contributed by atoms with Gasteiger partial charge in [-0.25, -0.2) is 4.79 Å². The number of carboxylic acid groups (broad SMARTS) is 1. The van der Waals surface area contributed by atoms with Crippen LogP contribution in [0.25, 0.3) is 0 Å². The summed E-state index contributed by atoms with van der Waals surface area (Å²) < 4.78 is 0. The van der Waals surface area contributed by atoms with Gasteiger partial charge in [0, 0.05) is 12.1 Å². The molecule has 0 spiro atoms. The van der Waals surface area contributed by atoms with Crippen molar-refractivity contribution in [3.8, 4) is 0 Å². The van der Waals surface area contributed by atoms with Crippen LogP contribution in [0, 0.1) is 5.41 Å². The molecule has 1 unspecified atom stereocenters. The number of hydrogen-bond acceptors (Lipinski definition) is 3. The molecule has 20 heavy (non-hydrogen) atoms. The first-order chi connectivity index (χ1) is 9.19. The third kappa shape index (κ3) is 5.40. The van der Waals surface area contributed by atoms with Crippen LogP contribution in [0.5, 0.6) is 0 Å². The summed E-state index contributed by atoms with van der Waals surface area (Å²) in [6.07, 6.45) is -0.0113. The third-order valence-corrected chi connectivity index (χ3v) is 2.74. The Labute approximate surface area is 118 Å². The molecule has 1 amide bonds.